The second kappa shape index (κ2) is 5.18. The van der Waals surface area contributed by atoms with Gasteiger partial charge in [0.15, 0.2) is 0 Å². The molecule has 24 heavy (non-hydrogen) atoms. The van der Waals surface area contributed by atoms with Gasteiger partial charge in [-0.3, -0.25) is 4.47 Å². The van der Waals surface area contributed by atoms with Crippen LogP contribution >= 0.6 is 0 Å². The number of carbonyl (C=O) groups is 1. The molecule has 0 radical (unpaired) electrons. The molecule has 4 rings (SSSR count). The molecule has 0 saturated heterocycles. The molecule has 0 aromatic carbocycles. The van der Waals surface area contributed by atoms with Crippen molar-refractivity contribution < 1.29 is 35.6 Å². The fourth-order valence-electron chi connectivity index (χ4n) is 4.93. The van der Waals surface area contributed by atoms with Crippen LogP contribution in [0.25, 0.3) is 0 Å². The van der Waals surface area contributed by atoms with Gasteiger partial charge in [-0.1, -0.05) is 6.58 Å². The molecule has 10 heteroatoms. The smallest absolute Gasteiger partial charge is 0.549 e. The maximum atomic E-state index is 12.5. The van der Waals surface area contributed by atoms with Gasteiger partial charge in [-0.15, -0.1) is 0 Å². The van der Waals surface area contributed by atoms with Crippen molar-refractivity contribution in [1.82, 2.24) is 0 Å². The molecular formula is C14H18F3NO5S. The highest BCUT2D eigenvalue weighted by Crippen LogP contribution is 2.72. The summed E-state index contributed by atoms with van der Waals surface area (Å²) in [6, 6.07) is 0. The van der Waals surface area contributed by atoms with Crippen molar-refractivity contribution in [2.24, 2.45) is 23.7 Å². The van der Waals surface area contributed by atoms with E-state index in [1.165, 1.54) is 6.92 Å². The third-order valence-electron chi connectivity index (χ3n) is 5.82. The molecule has 1 N–H and O–H groups in total. The van der Waals surface area contributed by atoms with Crippen LogP contribution in [-0.4, -0.2) is 32.0 Å². The van der Waals surface area contributed by atoms with Crippen LogP contribution in [0.1, 0.15) is 26.2 Å². The molecule has 6 atom stereocenters. The average Bonchev–Trinajstić information content (AvgIpc) is 3.03. The number of ether oxygens (including phenoxy) is 1. The lowest BCUT2D eigenvalue weighted by atomic mass is 9.60. The molecule has 4 bridgehead atoms. The summed E-state index contributed by atoms with van der Waals surface area (Å²) in [5.41, 5.74) is -6.45. The van der Waals surface area contributed by atoms with Gasteiger partial charge < -0.3 is 9.94 Å². The molecule has 4 saturated carbocycles. The molecule has 0 aromatic rings. The molecule has 4 aliphatic carbocycles. The quantitative estimate of drug-likeness (QED) is 0.439. The number of nitrogens with one attached hydrogen (secondary N) is 1. The maximum absolute atomic E-state index is 12.5. The van der Waals surface area contributed by atoms with E-state index in [2.05, 4.69) is 6.58 Å². The standard InChI is InChI=1S/C14H18F3NO5S/c1-7(2)12(19)23-13-8-3-4-10(13)9(5-8)11(13)6-18(20)24(21,22)14(15,16)17/h8-11,18H,1,3-6H2,2H3. The molecule has 0 spiro atoms. The summed E-state index contributed by atoms with van der Waals surface area (Å²) < 4.78 is 63.9. The number of hydroxylamine groups is 1. The number of carbonyl (C=O) groups excluding carboxylic acids is 1. The van der Waals surface area contributed by atoms with Gasteiger partial charge in [0.2, 0.25) is 0 Å². The third-order valence-corrected chi connectivity index (χ3v) is 7.20. The maximum Gasteiger partial charge on any atom is 0.549 e. The first kappa shape index (κ1) is 17.7. The number of hydrogen-bond acceptors (Lipinski definition) is 5. The second-order valence-corrected chi connectivity index (χ2v) is 8.86. The van der Waals surface area contributed by atoms with Crippen molar-refractivity contribution >= 4 is 16.0 Å². The Bertz CT molecular complexity index is 683. The minimum atomic E-state index is -5.85. The Hall–Kier alpha value is -1.13. The molecule has 0 aliphatic heterocycles. The van der Waals surface area contributed by atoms with E-state index < -0.39 is 44.0 Å². The molecule has 0 heterocycles. The van der Waals surface area contributed by atoms with E-state index in [4.69, 9.17) is 4.74 Å². The van der Waals surface area contributed by atoms with Gasteiger partial charge in [-0.25, -0.2) is 4.79 Å². The number of alkyl halides is 3. The molecule has 6 unspecified atom stereocenters. The average molecular weight is 369 g/mol. The predicted molar refractivity (Wildman–Crippen MR) is 75.6 cm³/mol. The summed E-state index contributed by atoms with van der Waals surface area (Å²) in [7, 11) is -5.85. The van der Waals surface area contributed by atoms with E-state index in [0.717, 1.165) is 12.8 Å². The SMILES string of the molecule is C=C(C)C(=O)OC12C3CCC1C(C3)C2C[NH+]([O-])S(=O)(=O)C(F)(F)F. The van der Waals surface area contributed by atoms with Crippen LogP contribution in [0.2, 0.25) is 0 Å². The highest BCUT2D eigenvalue weighted by atomic mass is 32.2. The van der Waals surface area contributed by atoms with E-state index >= 15 is 0 Å². The topological polar surface area (TPSA) is 87.9 Å². The van der Waals surface area contributed by atoms with Crippen molar-refractivity contribution in [1.29, 1.82) is 0 Å². The van der Waals surface area contributed by atoms with Gasteiger partial charge >= 0.3 is 21.5 Å². The fraction of sp³-hybridized carbons (Fsp3) is 0.786. The number of quaternary nitrogens is 1. The zero-order valence-electron chi connectivity index (χ0n) is 12.9. The van der Waals surface area contributed by atoms with Crippen LogP contribution in [0.4, 0.5) is 13.2 Å². The number of halogens is 3. The van der Waals surface area contributed by atoms with Gasteiger partial charge in [-0.05, 0) is 38.0 Å². The van der Waals surface area contributed by atoms with E-state index in [9.17, 15) is 31.6 Å². The Morgan fingerprint density at radius 1 is 1.42 bits per heavy atom. The zero-order chi connectivity index (χ0) is 18.1. The van der Waals surface area contributed by atoms with Crippen molar-refractivity contribution in [2.45, 2.75) is 37.3 Å². The van der Waals surface area contributed by atoms with Gasteiger partial charge in [0, 0.05) is 11.5 Å². The van der Waals surface area contributed by atoms with Crippen molar-refractivity contribution in [3.63, 3.8) is 0 Å². The lowest BCUT2D eigenvalue weighted by molar-refractivity contribution is -0.721. The Morgan fingerprint density at radius 3 is 2.54 bits per heavy atom. The number of hydrogen-bond donors (Lipinski definition) is 1. The van der Waals surface area contributed by atoms with E-state index in [1.807, 2.05) is 0 Å². The van der Waals surface area contributed by atoms with Gasteiger partial charge in [0.25, 0.3) is 0 Å². The van der Waals surface area contributed by atoms with Crippen LogP contribution in [0, 0.1) is 28.9 Å². The second-order valence-electron chi connectivity index (χ2n) is 6.94. The van der Waals surface area contributed by atoms with Crippen LogP contribution in [-0.2, 0) is 19.6 Å². The lowest BCUT2D eigenvalue weighted by Gasteiger charge is -2.52. The first-order valence-corrected chi connectivity index (χ1v) is 9.14. The van der Waals surface area contributed by atoms with Crippen LogP contribution < -0.4 is 4.47 Å². The van der Waals surface area contributed by atoms with E-state index in [0.29, 0.717) is 6.42 Å². The van der Waals surface area contributed by atoms with E-state index in [1.54, 1.807) is 0 Å². The van der Waals surface area contributed by atoms with Gasteiger partial charge in [0.05, 0.1) is 12.5 Å². The summed E-state index contributed by atoms with van der Waals surface area (Å²) in [6.45, 7) is 4.19. The van der Waals surface area contributed by atoms with E-state index in [-0.39, 0.29) is 23.3 Å². The Morgan fingerprint density at radius 2 is 2.04 bits per heavy atom. The monoisotopic (exact) mass is 369 g/mol. The summed E-state index contributed by atoms with van der Waals surface area (Å²) in [5.74, 6) is -1.40. The minimum Gasteiger partial charge on any atom is -0.618 e. The normalized spacial score (nSPS) is 38.5. The Balaban J connectivity index is 1.82. The molecule has 4 aliphatic rings. The van der Waals surface area contributed by atoms with Gasteiger partial charge in [-0.2, -0.15) is 21.6 Å². The van der Waals surface area contributed by atoms with Crippen LogP contribution in [0.3, 0.4) is 0 Å². The minimum absolute atomic E-state index is 0.00260. The Labute approximate surface area is 137 Å². The zero-order valence-corrected chi connectivity index (χ0v) is 13.7. The summed E-state index contributed by atoms with van der Waals surface area (Å²) in [5, 5.41) is 11.8. The van der Waals surface area contributed by atoms with Gasteiger partial charge in [0.1, 0.15) is 5.60 Å². The fourth-order valence-corrected chi connectivity index (χ4v) is 5.59. The highest BCUT2D eigenvalue weighted by molar-refractivity contribution is 7.86. The number of esters is 1. The molecule has 0 amide bonds. The lowest BCUT2D eigenvalue weighted by Crippen LogP contribution is -3.12. The summed E-state index contributed by atoms with van der Waals surface area (Å²) in [4.78, 5) is 11.9. The predicted octanol–water partition coefficient (Wildman–Crippen LogP) is 0.753. The summed E-state index contributed by atoms with van der Waals surface area (Å²) >= 11 is 0. The number of sulfonamides is 1. The van der Waals surface area contributed by atoms with Crippen molar-refractivity contribution in [3.8, 4) is 0 Å². The van der Waals surface area contributed by atoms with Crippen molar-refractivity contribution in [2.75, 3.05) is 6.54 Å². The highest BCUT2D eigenvalue weighted by Gasteiger charge is 2.77. The first-order valence-electron chi connectivity index (χ1n) is 7.66. The third kappa shape index (κ3) is 2.15. The molecular weight excluding hydrogens is 351 g/mol. The van der Waals surface area contributed by atoms with Crippen molar-refractivity contribution in [3.05, 3.63) is 17.4 Å². The first-order chi connectivity index (χ1) is 10.9. The molecule has 4 fully saturated rings. The Kier molecular flexibility index (Phi) is 3.82. The molecule has 136 valence electrons. The molecule has 6 nitrogen and oxygen atoms in total. The number of rotatable bonds is 5. The van der Waals surface area contributed by atoms with Crippen LogP contribution in [0.15, 0.2) is 12.2 Å². The largest absolute Gasteiger partial charge is 0.618 e. The molecule has 0 aromatic heterocycles. The van der Waals surface area contributed by atoms with Crippen LogP contribution in [0.5, 0.6) is 0 Å². The summed E-state index contributed by atoms with van der Waals surface area (Å²) in [6.07, 6.45) is 2.19.